The average molecular weight is 410 g/mol. The number of pyridine rings is 1. The fourth-order valence-electron chi connectivity index (χ4n) is 3.95. The van der Waals surface area contributed by atoms with Crippen molar-refractivity contribution < 1.29 is 0 Å². The molecule has 0 aliphatic carbocycles. The van der Waals surface area contributed by atoms with E-state index in [1.807, 2.05) is 11.3 Å². The molecule has 0 fully saturated rings. The molecule has 1 nitrogen and oxygen atoms in total. The Kier molecular flexibility index (Phi) is 4.38. The van der Waals surface area contributed by atoms with Gasteiger partial charge in [0.2, 0.25) is 0 Å². The summed E-state index contributed by atoms with van der Waals surface area (Å²) < 4.78 is 2.67. The lowest BCUT2D eigenvalue weighted by atomic mass is 10.0. The lowest BCUT2D eigenvalue weighted by molar-refractivity contribution is 1.34. The lowest BCUT2D eigenvalue weighted by Crippen LogP contribution is -2.39. The van der Waals surface area contributed by atoms with Crippen molar-refractivity contribution in [1.82, 2.24) is 4.98 Å². The summed E-state index contributed by atoms with van der Waals surface area (Å²) in [4.78, 5) is 4.91. The number of benzene rings is 3. The highest BCUT2D eigenvalue weighted by atomic mass is 32.1. The minimum Gasteiger partial charge on any atom is -0.256 e. The number of nitrogens with zero attached hydrogens (tertiary/aromatic N) is 1. The van der Waals surface area contributed by atoms with Crippen LogP contribution in [0, 0.1) is 0 Å². The van der Waals surface area contributed by atoms with Crippen LogP contribution in [0.2, 0.25) is 19.6 Å². The third kappa shape index (κ3) is 3.31. The largest absolute Gasteiger partial charge is 0.256 e. The zero-order valence-electron chi connectivity index (χ0n) is 16.9. The van der Waals surface area contributed by atoms with Crippen LogP contribution in [0.3, 0.4) is 0 Å². The van der Waals surface area contributed by atoms with Crippen LogP contribution in [0.25, 0.3) is 42.6 Å². The molecule has 0 aliphatic rings. The summed E-state index contributed by atoms with van der Waals surface area (Å²) in [6.07, 6.45) is 2.12. The van der Waals surface area contributed by atoms with Gasteiger partial charge in [-0.05, 0) is 40.6 Å². The summed E-state index contributed by atoms with van der Waals surface area (Å²) in [6, 6.07) is 28.4. The second-order valence-corrected chi connectivity index (χ2v) is 14.7. The monoisotopic (exact) mass is 409 g/mol. The lowest BCUT2D eigenvalue weighted by Gasteiger charge is -2.21. The van der Waals surface area contributed by atoms with Crippen LogP contribution in [0.15, 0.2) is 85.1 Å². The van der Waals surface area contributed by atoms with Gasteiger partial charge < -0.3 is 0 Å². The molecule has 0 unspecified atom stereocenters. The fourth-order valence-corrected chi connectivity index (χ4v) is 6.52. The Labute approximate surface area is 176 Å². The summed E-state index contributed by atoms with van der Waals surface area (Å²) in [6.45, 7) is 7.17. The van der Waals surface area contributed by atoms with E-state index in [9.17, 15) is 0 Å². The normalized spacial score (nSPS) is 12.0. The highest BCUT2D eigenvalue weighted by Crippen LogP contribution is 2.36. The zero-order chi connectivity index (χ0) is 20.0. The Morgan fingerprint density at radius 3 is 2.21 bits per heavy atom. The van der Waals surface area contributed by atoms with E-state index in [1.165, 1.54) is 42.0 Å². The van der Waals surface area contributed by atoms with E-state index in [4.69, 9.17) is 4.98 Å². The highest BCUT2D eigenvalue weighted by molar-refractivity contribution is 7.25. The first-order valence-corrected chi connectivity index (χ1v) is 14.3. The highest BCUT2D eigenvalue weighted by Gasteiger charge is 2.22. The molecule has 29 heavy (non-hydrogen) atoms. The molecule has 0 N–H and O–H groups in total. The third-order valence-electron chi connectivity index (χ3n) is 5.47. The molecule has 5 rings (SSSR count). The molecular weight excluding hydrogens is 386 g/mol. The van der Waals surface area contributed by atoms with Gasteiger partial charge in [0.15, 0.2) is 0 Å². The van der Waals surface area contributed by atoms with Crippen LogP contribution >= 0.6 is 11.3 Å². The van der Waals surface area contributed by atoms with Gasteiger partial charge in [-0.25, -0.2) is 0 Å². The predicted molar refractivity (Wildman–Crippen MR) is 131 cm³/mol. The van der Waals surface area contributed by atoms with Crippen molar-refractivity contribution in [2.75, 3.05) is 0 Å². The van der Waals surface area contributed by atoms with Gasteiger partial charge in [-0.1, -0.05) is 74.2 Å². The van der Waals surface area contributed by atoms with E-state index < -0.39 is 8.07 Å². The molecule has 0 bridgehead atoms. The van der Waals surface area contributed by atoms with E-state index in [0.29, 0.717) is 0 Å². The predicted octanol–water partition coefficient (Wildman–Crippen LogP) is 7.33. The minimum absolute atomic E-state index is 1.04. The molecule has 0 radical (unpaired) electrons. The first kappa shape index (κ1) is 18.3. The molecule has 2 heterocycles. The maximum absolute atomic E-state index is 4.91. The van der Waals surface area contributed by atoms with Gasteiger partial charge >= 0.3 is 0 Å². The maximum Gasteiger partial charge on any atom is 0.0804 e. The third-order valence-corrected chi connectivity index (χ3v) is 8.64. The molecule has 5 aromatic rings. The quantitative estimate of drug-likeness (QED) is 0.284. The summed E-state index contributed by atoms with van der Waals surface area (Å²) in [5, 5.41) is 4.06. The Morgan fingerprint density at radius 1 is 0.690 bits per heavy atom. The molecule has 0 spiro atoms. The molecule has 3 heteroatoms. The van der Waals surface area contributed by atoms with Gasteiger partial charge in [0, 0.05) is 31.9 Å². The Hall–Kier alpha value is -2.75. The standard InChI is InChI=1S/C26H23NSSi/c1-29(2,3)26-17-27-23(16-21(26)18-9-5-4-6-10-18)19-13-14-25-22(15-19)20-11-7-8-12-24(20)28-25/h4-17H,1-3H3. The van der Waals surface area contributed by atoms with E-state index in [2.05, 4.69) is 105 Å². The van der Waals surface area contributed by atoms with Crippen molar-refractivity contribution in [2.24, 2.45) is 0 Å². The molecule has 142 valence electrons. The fraction of sp³-hybridized carbons (Fsp3) is 0.115. The van der Waals surface area contributed by atoms with E-state index >= 15 is 0 Å². The summed E-state index contributed by atoms with van der Waals surface area (Å²) in [5.74, 6) is 0. The van der Waals surface area contributed by atoms with Gasteiger partial charge in [0.1, 0.15) is 0 Å². The number of fused-ring (bicyclic) bond motifs is 3. The first-order valence-electron chi connectivity index (χ1n) is 9.98. The van der Waals surface area contributed by atoms with Crippen LogP contribution in [-0.4, -0.2) is 13.1 Å². The number of aromatic nitrogens is 1. The van der Waals surface area contributed by atoms with E-state index in [0.717, 1.165) is 5.69 Å². The molecule has 0 amide bonds. The van der Waals surface area contributed by atoms with Gasteiger partial charge in [0.25, 0.3) is 0 Å². The van der Waals surface area contributed by atoms with Crippen molar-refractivity contribution in [3.05, 3.63) is 85.1 Å². The van der Waals surface area contributed by atoms with Crippen molar-refractivity contribution in [2.45, 2.75) is 19.6 Å². The summed E-state index contributed by atoms with van der Waals surface area (Å²) in [5.41, 5.74) is 4.82. The van der Waals surface area contributed by atoms with Gasteiger partial charge in [-0.3, -0.25) is 4.98 Å². The topological polar surface area (TPSA) is 12.9 Å². The number of hydrogen-bond acceptors (Lipinski definition) is 2. The Morgan fingerprint density at radius 2 is 1.41 bits per heavy atom. The van der Waals surface area contributed by atoms with E-state index in [-0.39, 0.29) is 0 Å². The van der Waals surface area contributed by atoms with Crippen molar-refractivity contribution >= 4 is 44.8 Å². The van der Waals surface area contributed by atoms with Gasteiger partial charge in [-0.15, -0.1) is 11.3 Å². The Balaban J connectivity index is 1.71. The molecule has 0 atom stereocenters. The first-order chi connectivity index (χ1) is 14.0. The molecule has 0 aliphatic heterocycles. The van der Waals surface area contributed by atoms with Crippen molar-refractivity contribution in [3.63, 3.8) is 0 Å². The second-order valence-electron chi connectivity index (χ2n) is 8.54. The van der Waals surface area contributed by atoms with Crippen LogP contribution in [0.5, 0.6) is 0 Å². The summed E-state index contributed by atoms with van der Waals surface area (Å²) in [7, 11) is -1.51. The van der Waals surface area contributed by atoms with Crippen LogP contribution < -0.4 is 5.19 Å². The maximum atomic E-state index is 4.91. The van der Waals surface area contributed by atoms with Crippen molar-refractivity contribution in [1.29, 1.82) is 0 Å². The van der Waals surface area contributed by atoms with E-state index in [1.54, 1.807) is 0 Å². The SMILES string of the molecule is C[Si](C)(C)c1cnc(-c2ccc3sc4ccccc4c3c2)cc1-c1ccccc1. The number of hydrogen-bond donors (Lipinski definition) is 0. The van der Waals surface area contributed by atoms with Gasteiger partial charge in [0.05, 0.1) is 13.8 Å². The van der Waals surface area contributed by atoms with Crippen LogP contribution in [0.1, 0.15) is 0 Å². The summed E-state index contributed by atoms with van der Waals surface area (Å²) >= 11 is 1.86. The minimum atomic E-state index is -1.51. The van der Waals surface area contributed by atoms with Crippen LogP contribution in [0.4, 0.5) is 0 Å². The molecule has 0 saturated heterocycles. The molecule has 0 saturated carbocycles. The number of thiophene rings is 1. The van der Waals surface area contributed by atoms with Crippen LogP contribution in [-0.2, 0) is 0 Å². The molecule has 3 aromatic carbocycles. The molecular formula is C26H23NSSi. The smallest absolute Gasteiger partial charge is 0.0804 e. The van der Waals surface area contributed by atoms with Crippen molar-refractivity contribution in [3.8, 4) is 22.4 Å². The second kappa shape index (κ2) is 6.94. The molecule has 2 aromatic heterocycles. The average Bonchev–Trinajstić information content (AvgIpc) is 3.11. The Bertz CT molecular complexity index is 1330. The van der Waals surface area contributed by atoms with Gasteiger partial charge in [-0.2, -0.15) is 0 Å². The zero-order valence-corrected chi connectivity index (χ0v) is 18.8. The number of rotatable bonds is 3.